The van der Waals surface area contributed by atoms with Crippen LogP contribution in [0.1, 0.15) is 56.7 Å². The summed E-state index contributed by atoms with van der Waals surface area (Å²) in [5, 5.41) is 6.26. The fraction of sp³-hybridized carbons (Fsp3) is 0.395. The lowest BCUT2D eigenvalue weighted by Crippen LogP contribution is -2.60. The standard InChI is InChI=1S/C43H56N8O7/c1-28-16-10-12-20-32(28)47-41(56)51(39(54)34(48-42(57)58-43(2,3)4)25-30-26-46-33-21-13-11-19-31(30)33)35(22-14-15-23-44)40(55)49(5)27-37(52)50(6)36(38(45)53)24-29-17-8-7-9-18-29/h7-13,16-21,26,34-36,46H,14-15,22-25,27,44H2,1-6H3,(H2,45,53)(H,47,56)(H,48,57)/t34-,35-,36-/m0/s1. The van der Waals surface area contributed by atoms with E-state index >= 15 is 4.79 Å². The molecule has 15 nitrogen and oxygen atoms in total. The molecule has 0 aliphatic heterocycles. The van der Waals surface area contributed by atoms with Gasteiger partial charge >= 0.3 is 12.1 Å². The first kappa shape index (κ1) is 44.5. The third-order valence-electron chi connectivity index (χ3n) is 9.67. The summed E-state index contributed by atoms with van der Waals surface area (Å²) in [6.07, 6.45) is 1.68. The number of H-pyrrole nitrogens is 1. The van der Waals surface area contributed by atoms with Gasteiger partial charge in [-0.25, -0.2) is 14.5 Å². The molecule has 1 aromatic heterocycles. The summed E-state index contributed by atoms with van der Waals surface area (Å²) in [7, 11) is 2.81. The van der Waals surface area contributed by atoms with E-state index in [2.05, 4.69) is 15.6 Å². The van der Waals surface area contributed by atoms with Crippen LogP contribution < -0.4 is 22.1 Å². The third kappa shape index (κ3) is 12.1. The Balaban J connectivity index is 1.74. The number of urea groups is 1. The fourth-order valence-electron chi connectivity index (χ4n) is 6.55. The van der Waals surface area contributed by atoms with Crippen LogP contribution in [0.5, 0.6) is 0 Å². The number of nitrogens with two attached hydrogens (primary N) is 2. The number of para-hydroxylation sites is 2. The number of alkyl carbamates (subject to hydrolysis) is 1. The van der Waals surface area contributed by atoms with Gasteiger partial charge in [-0.1, -0.05) is 66.7 Å². The van der Waals surface area contributed by atoms with Gasteiger partial charge in [0, 0.05) is 49.7 Å². The minimum absolute atomic E-state index is 0.0124. The van der Waals surface area contributed by atoms with Crippen molar-refractivity contribution in [2.45, 2.75) is 83.5 Å². The molecule has 3 atom stereocenters. The SMILES string of the molecule is Cc1ccccc1NC(=O)N(C(=O)[C@H](Cc1c[nH]c2ccccc12)NC(=O)OC(C)(C)C)[C@@H](CCCCN)C(=O)N(C)CC(=O)N(C)[C@@H](Cc1ccccc1)C(N)=O. The number of benzene rings is 3. The van der Waals surface area contributed by atoms with Gasteiger partial charge in [0.15, 0.2) is 0 Å². The summed E-state index contributed by atoms with van der Waals surface area (Å²) in [6.45, 7) is 6.60. The predicted molar refractivity (Wildman–Crippen MR) is 222 cm³/mol. The Morgan fingerprint density at radius 2 is 1.48 bits per heavy atom. The van der Waals surface area contributed by atoms with Gasteiger partial charge in [0.05, 0.1) is 6.54 Å². The summed E-state index contributed by atoms with van der Waals surface area (Å²) < 4.78 is 5.55. The number of carbonyl (C=O) groups is 6. The maximum atomic E-state index is 15.1. The quantitative estimate of drug-likeness (QED) is 0.0959. The number of rotatable bonds is 17. The molecule has 4 rings (SSSR count). The number of anilines is 1. The number of ether oxygens (including phenoxy) is 1. The largest absolute Gasteiger partial charge is 0.444 e. The second-order valence-electron chi connectivity index (χ2n) is 15.3. The van der Waals surface area contributed by atoms with Crippen LogP contribution >= 0.6 is 0 Å². The molecule has 0 aliphatic carbocycles. The van der Waals surface area contributed by atoms with E-state index < -0.39 is 66.0 Å². The molecule has 310 valence electrons. The molecule has 0 unspecified atom stereocenters. The second-order valence-corrected chi connectivity index (χ2v) is 15.3. The van der Waals surface area contributed by atoms with Crippen LogP contribution in [-0.4, -0.2) is 106 Å². The maximum Gasteiger partial charge on any atom is 0.408 e. The van der Waals surface area contributed by atoms with E-state index in [0.717, 1.165) is 26.3 Å². The van der Waals surface area contributed by atoms with Crippen molar-refractivity contribution < 1.29 is 33.5 Å². The number of carbonyl (C=O) groups excluding carboxylic acids is 6. The van der Waals surface area contributed by atoms with E-state index in [9.17, 15) is 24.0 Å². The zero-order valence-corrected chi connectivity index (χ0v) is 34.1. The van der Waals surface area contributed by atoms with Gasteiger partial charge in [0.25, 0.3) is 5.91 Å². The van der Waals surface area contributed by atoms with Crippen molar-refractivity contribution in [2.75, 3.05) is 32.5 Å². The number of aryl methyl sites for hydroxylation is 1. The van der Waals surface area contributed by atoms with Crippen LogP contribution in [0.3, 0.4) is 0 Å². The third-order valence-corrected chi connectivity index (χ3v) is 9.67. The van der Waals surface area contributed by atoms with Crippen molar-refractivity contribution in [1.82, 2.24) is 25.0 Å². The minimum Gasteiger partial charge on any atom is -0.444 e. The molecule has 7 amide bonds. The molecule has 3 aromatic carbocycles. The van der Waals surface area contributed by atoms with Crippen molar-refractivity contribution in [3.8, 4) is 0 Å². The first-order valence-electron chi connectivity index (χ1n) is 19.3. The summed E-state index contributed by atoms with van der Waals surface area (Å²) in [4.78, 5) is 90.1. The van der Waals surface area contributed by atoms with Crippen LogP contribution in [0.2, 0.25) is 0 Å². The zero-order chi connectivity index (χ0) is 42.6. The highest BCUT2D eigenvalue weighted by Crippen LogP contribution is 2.23. The molecule has 58 heavy (non-hydrogen) atoms. The first-order valence-corrected chi connectivity index (χ1v) is 19.3. The molecular formula is C43H56N8O7. The maximum absolute atomic E-state index is 15.1. The molecule has 0 saturated carbocycles. The number of nitrogens with zero attached hydrogens (tertiary/aromatic N) is 3. The van der Waals surface area contributed by atoms with E-state index in [-0.39, 0.29) is 25.8 Å². The summed E-state index contributed by atoms with van der Waals surface area (Å²) >= 11 is 0. The fourth-order valence-corrected chi connectivity index (χ4v) is 6.55. The number of unbranched alkanes of at least 4 members (excludes halogenated alkanes) is 1. The highest BCUT2D eigenvalue weighted by atomic mass is 16.6. The first-order chi connectivity index (χ1) is 27.5. The average Bonchev–Trinajstić information content (AvgIpc) is 3.58. The van der Waals surface area contributed by atoms with Gasteiger partial charge in [-0.2, -0.15) is 0 Å². The van der Waals surface area contributed by atoms with Gasteiger partial charge in [0.2, 0.25) is 17.7 Å². The average molecular weight is 797 g/mol. The highest BCUT2D eigenvalue weighted by Gasteiger charge is 2.41. The molecule has 0 bridgehead atoms. The highest BCUT2D eigenvalue weighted by molar-refractivity contribution is 6.07. The number of hydrogen-bond acceptors (Lipinski definition) is 8. The monoisotopic (exact) mass is 796 g/mol. The Kier molecular flexibility index (Phi) is 15.6. The lowest BCUT2D eigenvalue weighted by atomic mass is 10.0. The Morgan fingerprint density at radius 1 is 0.828 bits per heavy atom. The number of imide groups is 1. The Labute approximate surface area is 339 Å². The van der Waals surface area contributed by atoms with Gasteiger partial charge in [-0.3, -0.25) is 19.2 Å². The van der Waals surface area contributed by atoms with Crippen molar-refractivity contribution in [3.05, 3.63) is 102 Å². The smallest absolute Gasteiger partial charge is 0.408 e. The van der Waals surface area contributed by atoms with Crippen molar-refractivity contribution in [1.29, 1.82) is 0 Å². The summed E-state index contributed by atoms with van der Waals surface area (Å²) in [5.74, 6) is -2.94. The molecule has 1 heterocycles. The number of fused-ring (bicyclic) bond motifs is 1. The van der Waals surface area contributed by atoms with E-state index in [1.54, 1.807) is 58.2 Å². The van der Waals surface area contributed by atoms with Crippen LogP contribution in [0.15, 0.2) is 85.1 Å². The number of amides is 7. The Morgan fingerprint density at radius 3 is 2.14 bits per heavy atom. The number of nitrogens with one attached hydrogen (secondary N) is 3. The van der Waals surface area contributed by atoms with E-state index in [1.807, 2.05) is 54.6 Å². The van der Waals surface area contributed by atoms with E-state index in [1.165, 1.54) is 19.0 Å². The normalized spacial score (nSPS) is 12.8. The Hall–Kier alpha value is -6.22. The number of aromatic amines is 1. The van der Waals surface area contributed by atoms with Gasteiger partial charge in [-0.15, -0.1) is 0 Å². The lowest BCUT2D eigenvalue weighted by Gasteiger charge is -2.35. The Bertz CT molecular complexity index is 2060. The molecular weight excluding hydrogens is 741 g/mol. The molecule has 0 fully saturated rings. The van der Waals surface area contributed by atoms with Crippen LogP contribution in [0, 0.1) is 6.92 Å². The summed E-state index contributed by atoms with van der Waals surface area (Å²) in [5.41, 5.74) is 14.0. The lowest BCUT2D eigenvalue weighted by molar-refractivity contribution is -0.147. The molecule has 15 heteroatoms. The molecule has 4 aromatic rings. The van der Waals surface area contributed by atoms with Crippen molar-refractivity contribution >= 4 is 52.3 Å². The number of primary amides is 1. The van der Waals surface area contributed by atoms with Crippen LogP contribution in [0.25, 0.3) is 10.9 Å². The number of hydrogen-bond donors (Lipinski definition) is 5. The van der Waals surface area contributed by atoms with Crippen molar-refractivity contribution in [3.63, 3.8) is 0 Å². The molecule has 0 spiro atoms. The molecule has 7 N–H and O–H groups in total. The van der Waals surface area contributed by atoms with Crippen LogP contribution in [-0.2, 0) is 36.8 Å². The number of aromatic nitrogens is 1. The van der Waals surface area contributed by atoms with Crippen molar-refractivity contribution in [2.24, 2.45) is 11.5 Å². The van der Waals surface area contributed by atoms with Gasteiger partial charge in [0.1, 0.15) is 23.7 Å². The van der Waals surface area contributed by atoms with Gasteiger partial charge in [-0.05, 0) is 82.3 Å². The van der Waals surface area contributed by atoms with E-state index in [0.29, 0.717) is 29.7 Å². The molecule has 0 saturated heterocycles. The minimum atomic E-state index is -1.45. The summed E-state index contributed by atoms with van der Waals surface area (Å²) in [6, 6.07) is 18.7. The predicted octanol–water partition coefficient (Wildman–Crippen LogP) is 4.48. The topological polar surface area (TPSA) is 213 Å². The molecule has 0 radical (unpaired) electrons. The van der Waals surface area contributed by atoms with Crippen LogP contribution in [0.4, 0.5) is 15.3 Å². The zero-order valence-electron chi connectivity index (χ0n) is 34.1. The van der Waals surface area contributed by atoms with E-state index in [4.69, 9.17) is 16.2 Å². The second kappa shape index (κ2) is 20.3. The molecule has 0 aliphatic rings. The van der Waals surface area contributed by atoms with Gasteiger partial charge < -0.3 is 41.6 Å². The number of likely N-dealkylation sites (N-methyl/N-ethyl adjacent to an activating group) is 2.